The van der Waals surface area contributed by atoms with Gasteiger partial charge in [0.15, 0.2) is 6.61 Å². The van der Waals surface area contributed by atoms with Crippen LogP contribution in [0.1, 0.15) is 11.6 Å². The second-order valence-electron chi connectivity index (χ2n) is 5.65. The Morgan fingerprint density at radius 1 is 1.00 bits per heavy atom. The summed E-state index contributed by atoms with van der Waals surface area (Å²) in [7, 11) is 0. The Kier molecular flexibility index (Phi) is 4.05. The van der Waals surface area contributed by atoms with E-state index >= 15 is 0 Å². The molecule has 1 amide bonds. The highest BCUT2D eigenvalue weighted by atomic mass is 35.5. The first-order valence-corrected chi connectivity index (χ1v) is 7.28. The number of cyclic esters (lactones) is 1. The average molecular weight is 350 g/mol. The van der Waals surface area contributed by atoms with Crippen molar-refractivity contribution in [2.45, 2.75) is 12.0 Å². The van der Waals surface area contributed by atoms with E-state index in [0.29, 0.717) is 16.3 Å². The Labute approximate surface area is 143 Å². The fraction of sp³-hybridized carbons (Fsp3) is 0.167. The predicted octanol–water partition coefficient (Wildman–Crippen LogP) is 4.83. The maximum absolute atomic E-state index is 14.4. The minimum atomic E-state index is -3.18. The van der Waals surface area contributed by atoms with Gasteiger partial charge in [-0.2, -0.15) is 0 Å². The number of halogens is 3. The number of amides is 1. The Morgan fingerprint density at radius 3 is 2.12 bits per heavy atom. The molecule has 0 unspecified atom stereocenters. The zero-order valence-electron chi connectivity index (χ0n) is 12.5. The van der Waals surface area contributed by atoms with Crippen molar-refractivity contribution in [2.24, 2.45) is 0 Å². The molecular formula is C18H14ClF2NO2. The van der Waals surface area contributed by atoms with Gasteiger partial charge in [0.1, 0.15) is 6.04 Å². The highest BCUT2D eigenvalue weighted by Crippen LogP contribution is 2.41. The van der Waals surface area contributed by atoms with Gasteiger partial charge in [-0.15, -0.1) is 12.4 Å². The molecule has 1 fully saturated rings. The lowest BCUT2D eigenvalue weighted by atomic mass is 9.89. The molecule has 124 valence electrons. The van der Waals surface area contributed by atoms with Crippen LogP contribution in [0.15, 0.2) is 54.6 Å². The second kappa shape index (κ2) is 5.91. The highest BCUT2D eigenvalue weighted by molar-refractivity contribution is 6.03. The van der Waals surface area contributed by atoms with E-state index in [2.05, 4.69) is 10.1 Å². The van der Waals surface area contributed by atoms with Crippen LogP contribution in [0.25, 0.3) is 21.5 Å². The molecule has 3 aromatic carbocycles. The van der Waals surface area contributed by atoms with E-state index in [9.17, 15) is 13.6 Å². The number of hydrogen-bond acceptors (Lipinski definition) is 2. The summed E-state index contributed by atoms with van der Waals surface area (Å²) in [5.41, 5.74) is 0.431. The molecular weight excluding hydrogens is 336 g/mol. The summed E-state index contributed by atoms with van der Waals surface area (Å²) in [5.74, 6) is -3.18. The molecule has 3 nitrogen and oxygen atoms in total. The summed E-state index contributed by atoms with van der Waals surface area (Å²) in [6.45, 7) is -0.916. The molecule has 1 aliphatic rings. The van der Waals surface area contributed by atoms with Gasteiger partial charge in [0, 0.05) is 0 Å². The third-order valence-electron chi connectivity index (χ3n) is 4.18. The smallest absolute Gasteiger partial charge is 0.408 e. The van der Waals surface area contributed by atoms with Crippen LogP contribution in [0.3, 0.4) is 0 Å². The summed E-state index contributed by atoms with van der Waals surface area (Å²) in [6.07, 6.45) is -0.821. The first kappa shape index (κ1) is 16.5. The Hall–Kier alpha value is -2.40. The lowest BCUT2D eigenvalue weighted by Gasteiger charge is -2.33. The number of carbonyl (C=O) groups excluding carboxylic acids is 1. The largest absolute Gasteiger partial charge is 0.443 e. The van der Waals surface area contributed by atoms with E-state index in [0.717, 1.165) is 10.8 Å². The van der Waals surface area contributed by atoms with Gasteiger partial charge >= 0.3 is 12.0 Å². The summed E-state index contributed by atoms with van der Waals surface area (Å²) < 4.78 is 33.4. The van der Waals surface area contributed by atoms with Crippen molar-refractivity contribution in [2.75, 3.05) is 6.61 Å². The highest BCUT2D eigenvalue weighted by Gasteiger charge is 2.47. The minimum absolute atomic E-state index is 0. The van der Waals surface area contributed by atoms with Gasteiger partial charge in [-0.25, -0.2) is 13.6 Å². The predicted molar refractivity (Wildman–Crippen MR) is 90.9 cm³/mol. The number of hydrogen-bond donors (Lipinski definition) is 1. The number of nitrogens with one attached hydrogen (secondary N) is 1. The topological polar surface area (TPSA) is 38.3 Å². The van der Waals surface area contributed by atoms with Gasteiger partial charge in [-0.3, -0.25) is 0 Å². The molecule has 1 N–H and O–H groups in total. The van der Waals surface area contributed by atoms with Crippen molar-refractivity contribution in [1.29, 1.82) is 0 Å². The third-order valence-corrected chi connectivity index (χ3v) is 4.18. The van der Waals surface area contributed by atoms with E-state index in [-0.39, 0.29) is 12.4 Å². The Bertz CT molecular complexity index is 875. The van der Waals surface area contributed by atoms with Gasteiger partial charge in [-0.1, -0.05) is 48.5 Å². The Morgan fingerprint density at radius 2 is 1.54 bits per heavy atom. The van der Waals surface area contributed by atoms with Crippen LogP contribution in [0.5, 0.6) is 0 Å². The van der Waals surface area contributed by atoms with Gasteiger partial charge < -0.3 is 10.1 Å². The van der Waals surface area contributed by atoms with E-state index in [4.69, 9.17) is 0 Å². The number of ether oxygens (including phenoxy) is 1. The minimum Gasteiger partial charge on any atom is -0.443 e. The van der Waals surface area contributed by atoms with Crippen molar-refractivity contribution in [1.82, 2.24) is 5.32 Å². The van der Waals surface area contributed by atoms with Crippen molar-refractivity contribution in [3.8, 4) is 0 Å². The van der Waals surface area contributed by atoms with Crippen LogP contribution in [0.4, 0.5) is 13.6 Å². The molecule has 3 aromatic rings. The molecule has 0 saturated carbocycles. The lowest BCUT2D eigenvalue weighted by Crippen LogP contribution is -2.49. The van der Waals surface area contributed by atoms with Crippen molar-refractivity contribution in [3.05, 3.63) is 60.2 Å². The number of alkyl carbamates (subject to hydrolysis) is 1. The van der Waals surface area contributed by atoms with Crippen LogP contribution in [-0.2, 0) is 4.74 Å². The maximum Gasteiger partial charge on any atom is 0.408 e. The van der Waals surface area contributed by atoms with Crippen LogP contribution in [0, 0.1) is 0 Å². The average Bonchev–Trinajstić information content (AvgIpc) is 2.55. The molecule has 4 rings (SSSR count). The second-order valence-corrected chi connectivity index (χ2v) is 5.65. The van der Waals surface area contributed by atoms with Crippen LogP contribution in [0.2, 0.25) is 0 Å². The number of rotatable bonds is 1. The molecule has 0 radical (unpaired) electrons. The standard InChI is InChI=1S/C18H13F2NO2.ClH/c19-18(20)10-23-17(22)21-16(18)15-13-7-3-1-5-11(13)9-12-6-2-4-8-14(12)15;/h1-9,16H,10H2,(H,21,22);1H/t16-;/m1./s1. The molecule has 1 atom stereocenters. The number of benzene rings is 3. The normalized spacial score (nSPS) is 19.4. The van der Waals surface area contributed by atoms with Crippen LogP contribution < -0.4 is 5.32 Å². The van der Waals surface area contributed by atoms with E-state index in [1.807, 2.05) is 30.3 Å². The number of fused-ring (bicyclic) bond motifs is 2. The molecule has 0 aromatic heterocycles. The van der Waals surface area contributed by atoms with E-state index in [1.54, 1.807) is 24.3 Å². The molecule has 1 saturated heterocycles. The number of carbonyl (C=O) groups is 1. The summed E-state index contributed by atoms with van der Waals surface area (Å²) >= 11 is 0. The third kappa shape index (κ3) is 2.55. The zero-order chi connectivity index (χ0) is 16.0. The van der Waals surface area contributed by atoms with Crippen molar-refractivity contribution in [3.63, 3.8) is 0 Å². The maximum atomic E-state index is 14.4. The quantitative estimate of drug-likeness (QED) is 0.639. The first-order valence-electron chi connectivity index (χ1n) is 7.28. The molecule has 6 heteroatoms. The lowest BCUT2D eigenvalue weighted by molar-refractivity contribution is -0.103. The zero-order valence-corrected chi connectivity index (χ0v) is 13.3. The van der Waals surface area contributed by atoms with Crippen molar-refractivity contribution >= 4 is 40.0 Å². The number of alkyl halides is 2. The van der Waals surface area contributed by atoms with Gasteiger partial charge in [0.05, 0.1) is 0 Å². The summed E-state index contributed by atoms with van der Waals surface area (Å²) in [5, 5.41) is 5.43. The van der Waals surface area contributed by atoms with E-state index in [1.165, 1.54) is 0 Å². The van der Waals surface area contributed by atoms with Gasteiger partial charge in [0.2, 0.25) is 0 Å². The molecule has 0 spiro atoms. The monoisotopic (exact) mass is 349 g/mol. The molecule has 24 heavy (non-hydrogen) atoms. The summed E-state index contributed by atoms with van der Waals surface area (Å²) in [4.78, 5) is 11.5. The van der Waals surface area contributed by atoms with Gasteiger partial charge in [0.25, 0.3) is 0 Å². The fourth-order valence-electron chi connectivity index (χ4n) is 3.15. The molecule has 0 bridgehead atoms. The van der Waals surface area contributed by atoms with Crippen LogP contribution in [-0.4, -0.2) is 18.6 Å². The van der Waals surface area contributed by atoms with Gasteiger partial charge in [-0.05, 0) is 33.2 Å². The first-order chi connectivity index (χ1) is 11.1. The van der Waals surface area contributed by atoms with Crippen molar-refractivity contribution < 1.29 is 18.3 Å². The fourth-order valence-corrected chi connectivity index (χ4v) is 3.15. The molecule has 0 aliphatic carbocycles. The summed E-state index contributed by atoms with van der Waals surface area (Å²) in [6, 6.07) is 15.2. The van der Waals surface area contributed by atoms with E-state index < -0.39 is 24.7 Å². The van der Waals surface area contributed by atoms with Crippen LogP contribution >= 0.6 is 12.4 Å². The molecule has 1 heterocycles. The SMILES string of the molecule is Cl.O=C1N[C@H](c2c3ccccc3cc3ccccc23)C(F)(F)CO1. The molecule has 1 aliphatic heterocycles. The Balaban J connectivity index is 0.00000169.